The average molecular weight is 266 g/mol. The molecule has 0 fully saturated rings. The lowest BCUT2D eigenvalue weighted by Gasteiger charge is -2.21. The van der Waals surface area contributed by atoms with Crippen molar-refractivity contribution in [2.75, 3.05) is 51.4 Å². The van der Waals surface area contributed by atoms with Gasteiger partial charge in [-0.25, -0.2) is 0 Å². The largest absolute Gasteiger partial charge is 0.492 e. The van der Waals surface area contributed by atoms with E-state index in [4.69, 9.17) is 9.47 Å². The molecule has 1 aromatic carbocycles. The van der Waals surface area contributed by atoms with E-state index >= 15 is 0 Å². The first-order valence-corrected chi connectivity index (χ1v) is 6.99. The summed E-state index contributed by atoms with van der Waals surface area (Å²) < 4.78 is 10.7. The molecular weight excluding hydrogens is 240 g/mol. The SMILES string of the molecule is CCN(CC)c1cccc(OCCNCCOC)c1. The number of nitrogens with zero attached hydrogens (tertiary/aromatic N) is 1. The number of rotatable bonds is 10. The fraction of sp³-hybridized carbons (Fsp3) is 0.600. The summed E-state index contributed by atoms with van der Waals surface area (Å²) in [4.78, 5) is 2.31. The van der Waals surface area contributed by atoms with Crippen molar-refractivity contribution in [3.05, 3.63) is 24.3 Å². The zero-order valence-corrected chi connectivity index (χ0v) is 12.3. The van der Waals surface area contributed by atoms with Gasteiger partial charge < -0.3 is 19.7 Å². The molecule has 108 valence electrons. The molecule has 0 atom stereocenters. The van der Waals surface area contributed by atoms with Crippen LogP contribution < -0.4 is 15.0 Å². The van der Waals surface area contributed by atoms with Gasteiger partial charge in [-0.15, -0.1) is 0 Å². The standard InChI is InChI=1S/C15H26N2O2/c1-4-17(5-2)14-7-6-8-15(13-14)19-12-10-16-9-11-18-3/h6-8,13,16H,4-5,9-12H2,1-3H3. The van der Waals surface area contributed by atoms with Crippen LogP contribution in [0.1, 0.15) is 13.8 Å². The van der Waals surface area contributed by atoms with Gasteiger partial charge >= 0.3 is 0 Å². The highest BCUT2D eigenvalue weighted by Crippen LogP contribution is 2.20. The van der Waals surface area contributed by atoms with Crippen molar-refractivity contribution < 1.29 is 9.47 Å². The van der Waals surface area contributed by atoms with Crippen LogP contribution in [0.2, 0.25) is 0 Å². The second kappa shape index (κ2) is 9.64. The summed E-state index contributed by atoms with van der Waals surface area (Å²) in [5, 5.41) is 3.26. The maximum Gasteiger partial charge on any atom is 0.121 e. The number of hydrogen-bond donors (Lipinski definition) is 1. The number of hydrogen-bond acceptors (Lipinski definition) is 4. The van der Waals surface area contributed by atoms with Gasteiger partial charge in [0, 0.05) is 45.0 Å². The second-order valence-electron chi connectivity index (χ2n) is 4.26. The van der Waals surface area contributed by atoms with Crippen molar-refractivity contribution in [1.82, 2.24) is 5.32 Å². The van der Waals surface area contributed by atoms with Crippen LogP contribution in [0.4, 0.5) is 5.69 Å². The molecule has 0 radical (unpaired) electrons. The molecule has 0 aromatic heterocycles. The quantitative estimate of drug-likeness (QED) is 0.658. The van der Waals surface area contributed by atoms with E-state index in [1.54, 1.807) is 7.11 Å². The van der Waals surface area contributed by atoms with Crippen LogP contribution in [0.15, 0.2) is 24.3 Å². The third kappa shape index (κ3) is 5.94. The van der Waals surface area contributed by atoms with E-state index in [0.29, 0.717) is 6.61 Å². The number of benzene rings is 1. The first kappa shape index (κ1) is 15.8. The summed E-state index contributed by atoms with van der Waals surface area (Å²) in [7, 11) is 1.71. The Hall–Kier alpha value is -1.26. The Morgan fingerprint density at radius 3 is 2.53 bits per heavy atom. The molecule has 0 aliphatic carbocycles. The summed E-state index contributed by atoms with van der Waals surface area (Å²) in [6.07, 6.45) is 0. The van der Waals surface area contributed by atoms with Gasteiger partial charge in [0.15, 0.2) is 0 Å². The smallest absolute Gasteiger partial charge is 0.121 e. The van der Waals surface area contributed by atoms with Crippen molar-refractivity contribution >= 4 is 5.69 Å². The monoisotopic (exact) mass is 266 g/mol. The van der Waals surface area contributed by atoms with Gasteiger partial charge in [-0.3, -0.25) is 0 Å². The molecule has 4 nitrogen and oxygen atoms in total. The Morgan fingerprint density at radius 1 is 1.11 bits per heavy atom. The van der Waals surface area contributed by atoms with E-state index in [1.807, 2.05) is 12.1 Å². The maximum absolute atomic E-state index is 5.74. The maximum atomic E-state index is 5.74. The predicted octanol–water partition coefficient (Wildman–Crippen LogP) is 2.15. The van der Waals surface area contributed by atoms with Crippen LogP contribution in [0, 0.1) is 0 Å². The minimum absolute atomic E-state index is 0.672. The Morgan fingerprint density at radius 2 is 1.84 bits per heavy atom. The van der Waals surface area contributed by atoms with Crippen molar-refractivity contribution in [2.45, 2.75) is 13.8 Å². The molecule has 0 aliphatic rings. The number of methoxy groups -OCH3 is 1. The molecule has 0 saturated carbocycles. The Bertz CT molecular complexity index is 341. The molecule has 0 spiro atoms. The molecule has 0 unspecified atom stereocenters. The van der Waals surface area contributed by atoms with E-state index in [9.17, 15) is 0 Å². The molecule has 0 bridgehead atoms. The molecule has 1 N–H and O–H groups in total. The Balaban J connectivity index is 2.35. The predicted molar refractivity (Wildman–Crippen MR) is 80.2 cm³/mol. The molecule has 0 saturated heterocycles. The summed E-state index contributed by atoms with van der Waals surface area (Å²) in [5.74, 6) is 0.929. The summed E-state index contributed by atoms with van der Waals surface area (Å²) >= 11 is 0. The van der Waals surface area contributed by atoms with Gasteiger partial charge in [0.05, 0.1) is 6.61 Å². The minimum Gasteiger partial charge on any atom is -0.492 e. The van der Waals surface area contributed by atoms with Gasteiger partial charge in [0.1, 0.15) is 12.4 Å². The fourth-order valence-corrected chi connectivity index (χ4v) is 1.90. The van der Waals surface area contributed by atoms with Gasteiger partial charge in [-0.05, 0) is 26.0 Å². The van der Waals surface area contributed by atoms with Crippen LogP contribution in [-0.2, 0) is 4.74 Å². The van der Waals surface area contributed by atoms with Crippen molar-refractivity contribution in [2.24, 2.45) is 0 Å². The Kier molecular flexibility index (Phi) is 8.02. The normalized spacial score (nSPS) is 10.5. The van der Waals surface area contributed by atoms with Crippen LogP contribution in [0.5, 0.6) is 5.75 Å². The van der Waals surface area contributed by atoms with Crippen LogP contribution in [0.25, 0.3) is 0 Å². The lowest BCUT2D eigenvalue weighted by Crippen LogP contribution is -2.24. The van der Waals surface area contributed by atoms with Crippen molar-refractivity contribution in [1.29, 1.82) is 0 Å². The molecule has 0 aliphatic heterocycles. The highest BCUT2D eigenvalue weighted by molar-refractivity contribution is 5.50. The van der Waals surface area contributed by atoms with E-state index in [0.717, 1.165) is 38.5 Å². The van der Waals surface area contributed by atoms with Gasteiger partial charge in [0.2, 0.25) is 0 Å². The third-order valence-electron chi connectivity index (χ3n) is 2.98. The molecule has 1 rings (SSSR count). The Labute approximate surface area is 116 Å². The van der Waals surface area contributed by atoms with Gasteiger partial charge in [-0.1, -0.05) is 6.07 Å². The highest BCUT2D eigenvalue weighted by atomic mass is 16.5. The molecule has 1 aromatic rings. The first-order valence-electron chi connectivity index (χ1n) is 6.99. The van der Waals surface area contributed by atoms with Crippen molar-refractivity contribution in [3.8, 4) is 5.75 Å². The summed E-state index contributed by atoms with van der Waals surface area (Å²) in [6.45, 7) is 9.45. The molecule has 0 amide bonds. The van der Waals surface area contributed by atoms with Crippen LogP contribution >= 0.6 is 0 Å². The lowest BCUT2D eigenvalue weighted by atomic mass is 10.2. The van der Waals surface area contributed by atoms with Gasteiger partial charge in [0.25, 0.3) is 0 Å². The summed E-state index contributed by atoms with van der Waals surface area (Å²) in [6, 6.07) is 8.27. The fourth-order valence-electron chi connectivity index (χ4n) is 1.90. The van der Waals surface area contributed by atoms with Crippen molar-refractivity contribution in [3.63, 3.8) is 0 Å². The molecule has 0 heterocycles. The highest BCUT2D eigenvalue weighted by Gasteiger charge is 2.02. The minimum atomic E-state index is 0.672. The zero-order chi connectivity index (χ0) is 13.9. The third-order valence-corrected chi connectivity index (χ3v) is 2.98. The lowest BCUT2D eigenvalue weighted by molar-refractivity contribution is 0.197. The van der Waals surface area contributed by atoms with E-state index < -0.39 is 0 Å². The van der Waals surface area contributed by atoms with E-state index in [2.05, 4.69) is 36.2 Å². The van der Waals surface area contributed by atoms with E-state index in [-0.39, 0.29) is 0 Å². The van der Waals surface area contributed by atoms with Crippen LogP contribution in [0.3, 0.4) is 0 Å². The van der Waals surface area contributed by atoms with Crippen LogP contribution in [-0.4, -0.2) is 46.5 Å². The van der Waals surface area contributed by atoms with E-state index in [1.165, 1.54) is 5.69 Å². The molecular formula is C15H26N2O2. The number of nitrogens with one attached hydrogen (secondary N) is 1. The average Bonchev–Trinajstić information content (AvgIpc) is 2.45. The first-order chi connectivity index (χ1) is 9.31. The molecule has 19 heavy (non-hydrogen) atoms. The summed E-state index contributed by atoms with van der Waals surface area (Å²) in [5.41, 5.74) is 1.22. The molecule has 4 heteroatoms. The second-order valence-corrected chi connectivity index (χ2v) is 4.26. The number of ether oxygens (including phenoxy) is 2. The number of anilines is 1. The van der Waals surface area contributed by atoms with Gasteiger partial charge in [-0.2, -0.15) is 0 Å². The zero-order valence-electron chi connectivity index (χ0n) is 12.3. The topological polar surface area (TPSA) is 33.7 Å².